The van der Waals surface area contributed by atoms with Gasteiger partial charge in [-0.15, -0.1) is 0 Å². The van der Waals surface area contributed by atoms with Gasteiger partial charge in [0, 0.05) is 6.42 Å². The van der Waals surface area contributed by atoms with Gasteiger partial charge in [0.1, 0.15) is 11.9 Å². The Hall–Kier alpha value is -1.72. The largest absolute Gasteiger partial charge is 0.508 e. The first-order chi connectivity index (χ1) is 12.3. The zero-order chi connectivity index (χ0) is 19.4. The lowest BCUT2D eigenvalue weighted by Gasteiger charge is -2.18. The molecular weight excluding hydrogens is 345 g/mol. The molecule has 0 fully saturated rings. The molecule has 0 unspecified atom stereocenters. The second-order valence-corrected chi connectivity index (χ2v) is 6.64. The van der Waals surface area contributed by atoms with E-state index in [9.17, 15) is 23.1 Å². The van der Waals surface area contributed by atoms with Gasteiger partial charge in [0.15, 0.2) is 0 Å². The van der Waals surface area contributed by atoms with E-state index >= 15 is 0 Å². The molecule has 26 heavy (non-hydrogen) atoms. The Morgan fingerprint density at radius 2 is 1.58 bits per heavy atom. The molecule has 1 N–H and O–H groups in total. The van der Waals surface area contributed by atoms with Crippen LogP contribution in [0.3, 0.4) is 0 Å². The molecule has 1 atom stereocenters. The van der Waals surface area contributed by atoms with Gasteiger partial charge in [-0.05, 0) is 49.9 Å². The maximum absolute atomic E-state index is 12.4. The van der Waals surface area contributed by atoms with Crippen LogP contribution < -0.4 is 0 Å². The number of phenols is 1. The summed E-state index contributed by atoms with van der Waals surface area (Å²) in [6.45, 7) is 2.14. The topological polar surface area (TPSA) is 46.5 Å². The first-order valence-corrected chi connectivity index (χ1v) is 9.38. The van der Waals surface area contributed by atoms with Crippen LogP contribution in [0.5, 0.6) is 5.75 Å². The predicted molar refractivity (Wildman–Crippen MR) is 95.2 cm³/mol. The van der Waals surface area contributed by atoms with Gasteiger partial charge in [0.25, 0.3) is 0 Å². The Kier molecular flexibility index (Phi) is 10.1. The lowest BCUT2D eigenvalue weighted by Crippen LogP contribution is -2.19. The molecular formula is C20H29F3O3. The van der Waals surface area contributed by atoms with Gasteiger partial charge in [0.2, 0.25) is 0 Å². The second kappa shape index (κ2) is 11.8. The van der Waals surface area contributed by atoms with Crippen LogP contribution in [-0.4, -0.2) is 23.4 Å². The first kappa shape index (κ1) is 22.3. The molecule has 0 aliphatic heterocycles. The van der Waals surface area contributed by atoms with Crippen LogP contribution >= 0.6 is 0 Å². The van der Waals surface area contributed by atoms with Gasteiger partial charge in [-0.25, -0.2) is 4.79 Å². The third-order valence-corrected chi connectivity index (χ3v) is 4.24. The van der Waals surface area contributed by atoms with Crippen molar-refractivity contribution in [2.75, 3.05) is 0 Å². The minimum absolute atomic E-state index is 0.0374. The van der Waals surface area contributed by atoms with E-state index in [-0.39, 0.29) is 24.2 Å². The van der Waals surface area contributed by atoms with Crippen LogP contribution in [0.25, 0.3) is 0 Å². The molecule has 0 spiro atoms. The van der Waals surface area contributed by atoms with Gasteiger partial charge < -0.3 is 9.84 Å². The number of alkyl halides is 3. The fraction of sp³-hybridized carbons (Fsp3) is 0.650. The van der Waals surface area contributed by atoms with Crippen LogP contribution in [0.1, 0.15) is 81.5 Å². The molecule has 0 aromatic heterocycles. The van der Waals surface area contributed by atoms with E-state index < -0.39 is 24.7 Å². The maximum Gasteiger partial charge on any atom is 0.389 e. The van der Waals surface area contributed by atoms with Crippen molar-refractivity contribution in [1.82, 2.24) is 0 Å². The van der Waals surface area contributed by atoms with E-state index in [4.69, 9.17) is 4.74 Å². The highest BCUT2D eigenvalue weighted by molar-refractivity contribution is 5.89. The van der Waals surface area contributed by atoms with Crippen LogP contribution in [0.15, 0.2) is 24.3 Å². The number of phenolic OH excluding ortho intramolecular Hbond substituents is 1. The van der Waals surface area contributed by atoms with Crippen molar-refractivity contribution >= 4 is 5.97 Å². The Labute approximate surface area is 153 Å². The molecule has 1 aromatic rings. The average molecular weight is 374 g/mol. The quantitative estimate of drug-likeness (QED) is 0.340. The van der Waals surface area contributed by atoms with Gasteiger partial charge in [-0.2, -0.15) is 13.2 Å². The summed E-state index contributed by atoms with van der Waals surface area (Å²) in [5.74, 6) is -0.525. The summed E-state index contributed by atoms with van der Waals surface area (Å²) in [7, 11) is 0. The number of hydrogen-bond acceptors (Lipinski definition) is 3. The highest BCUT2D eigenvalue weighted by atomic mass is 19.4. The number of carbonyl (C=O) groups is 1. The van der Waals surface area contributed by atoms with E-state index in [1.165, 1.54) is 30.7 Å². The minimum Gasteiger partial charge on any atom is -0.508 e. The van der Waals surface area contributed by atoms with Crippen molar-refractivity contribution in [3.05, 3.63) is 29.8 Å². The second-order valence-electron chi connectivity index (χ2n) is 6.64. The van der Waals surface area contributed by atoms with E-state index in [0.717, 1.165) is 32.1 Å². The number of halogens is 3. The smallest absolute Gasteiger partial charge is 0.389 e. The Morgan fingerprint density at radius 3 is 2.19 bits per heavy atom. The van der Waals surface area contributed by atoms with Crippen LogP contribution in [0.2, 0.25) is 0 Å². The van der Waals surface area contributed by atoms with Crippen molar-refractivity contribution < 1.29 is 27.8 Å². The number of unbranched alkanes of at least 4 members (excludes halogenated alkanes) is 5. The number of aromatic hydroxyl groups is 1. The lowest BCUT2D eigenvalue weighted by molar-refractivity contribution is -0.136. The third kappa shape index (κ3) is 10.3. The van der Waals surface area contributed by atoms with E-state index in [0.29, 0.717) is 6.42 Å². The van der Waals surface area contributed by atoms with Crippen molar-refractivity contribution in [1.29, 1.82) is 0 Å². The number of benzene rings is 1. The van der Waals surface area contributed by atoms with E-state index in [1.807, 2.05) is 0 Å². The highest BCUT2D eigenvalue weighted by Gasteiger charge is 2.27. The summed E-state index contributed by atoms with van der Waals surface area (Å²) < 4.78 is 42.5. The average Bonchev–Trinajstić information content (AvgIpc) is 2.57. The lowest BCUT2D eigenvalue weighted by atomic mass is 10.0. The fourth-order valence-corrected chi connectivity index (χ4v) is 2.76. The molecule has 0 radical (unpaired) electrons. The Bertz CT molecular complexity index is 512. The monoisotopic (exact) mass is 374 g/mol. The fourth-order valence-electron chi connectivity index (χ4n) is 2.76. The summed E-state index contributed by atoms with van der Waals surface area (Å²) >= 11 is 0. The molecule has 3 nitrogen and oxygen atoms in total. The molecule has 148 valence electrons. The number of rotatable bonds is 12. The molecule has 0 saturated heterocycles. The zero-order valence-corrected chi connectivity index (χ0v) is 15.4. The predicted octanol–water partition coefficient (Wildman–Crippen LogP) is 6.40. The zero-order valence-electron chi connectivity index (χ0n) is 15.4. The Morgan fingerprint density at radius 1 is 1.00 bits per heavy atom. The number of esters is 1. The molecule has 0 aliphatic carbocycles. The number of carbonyl (C=O) groups excluding carboxylic acids is 1. The molecule has 6 heteroatoms. The third-order valence-electron chi connectivity index (χ3n) is 4.24. The van der Waals surface area contributed by atoms with Crippen molar-refractivity contribution in [2.45, 2.75) is 83.4 Å². The van der Waals surface area contributed by atoms with Crippen molar-refractivity contribution in [3.63, 3.8) is 0 Å². The SMILES string of the molecule is CCCCCCCC[C@H](CCCC(F)(F)F)OC(=O)c1ccc(O)cc1. The van der Waals surface area contributed by atoms with Crippen LogP contribution in [0, 0.1) is 0 Å². The van der Waals surface area contributed by atoms with Gasteiger partial charge in [-0.1, -0.05) is 39.0 Å². The van der Waals surface area contributed by atoms with Gasteiger partial charge in [0.05, 0.1) is 5.56 Å². The van der Waals surface area contributed by atoms with Crippen molar-refractivity contribution in [2.24, 2.45) is 0 Å². The standard InChI is InChI=1S/C20H29F3O3/c1-2-3-4-5-6-7-9-18(10-8-15-20(21,22)23)26-19(25)16-11-13-17(24)14-12-16/h11-14,18,24H,2-10,15H2,1H3/t18-/m1/s1. The number of ether oxygens (including phenoxy) is 1. The maximum atomic E-state index is 12.4. The van der Waals surface area contributed by atoms with Crippen LogP contribution in [-0.2, 0) is 4.74 Å². The summed E-state index contributed by atoms with van der Waals surface area (Å²) in [5, 5.41) is 9.26. The number of hydrogen-bond donors (Lipinski definition) is 1. The molecule has 0 amide bonds. The van der Waals surface area contributed by atoms with E-state index in [1.54, 1.807) is 0 Å². The highest BCUT2D eigenvalue weighted by Crippen LogP contribution is 2.25. The normalized spacial score (nSPS) is 12.8. The Balaban J connectivity index is 2.49. The van der Waals surface area contributed by atoms with Gasteiger partial charge in [-0.3, -0.25) is 0 Å². The van der Waals surface area contributed by atoms with E-state index in [2.05, 4.69) is 6.92 Å². The molecule has 0 bridgehead atoms. The summed E-state index contributed by atoms with van der Waals surface area (Å²) in [4.78, 5) is 12.2. The summed E-state index contributed by atoms with van der Waals surface area (Å²) in [6, 6.07) is 5.64. The first-order valence-electron chi connectivity index (χ1n) is 9.38. The minimum atomic E-state index is -4.19. The molecule has 1 rings (SSSR count). The van der Waals surface area contributed by atoms with Crippen LogP contribution in [0.4, 0.5) is 13.2 Å². The summed E-state index contributed by atoms with van der Waals surface area (Å²) in [6.07, 6.45) is 1.59. The molecule has 0 aliphatic rings. The molecule has 1 aromatic carbocycles. The van der Waals surface area contributed by atoms with Gasteiger partial charge >= 0.3 is 12.1 Å². The summed E-state index contributed by atoms with van der Waals surface area (Å²) in [5.41, 5.74) is 0.284. The molecule has 0 heterocycles. The molecule has 0 saturated carbocycles. The van der Waals surface area contributed by atoms with Crippen molar-refractivity contribution in [3.8, 4) is 5.75 Å².